The Hall–Kier alpha value is -3.44. The third kappa shape index (κ3) is 3.08. The van der Waals surface area contributed by atoms with Crippen molar-refractivity contribution in [1.29, 1.82) is 0 Å². The van der Waals surface area contributed by atoms with Gasteiger partial charge in [0.25, 0.3) is 0 Å². The average molecular weight is 417 g/mol. The van der Waals surface area contributed by atoms with E-state index < -0.39 is 5.82 Å². The first-order chi connectivity index (χ1) is 14.5. The number of hydrogen-bond donors (Lipinski definition) is 1. The van der Waals surface area contributed by atoms with Crippen LogP contribution in [0.4, 0.5) is 4.39 Å². The van der Waals surface area contributed by atoms with Gasteiger partial charge in [-0.05, 0) is 42.3 Å². The van der Waals surface area contributed by atoms with Crippen molar-refractivity contribution < 1.29 is 4.39 Å². The number of rotatable bonds is 3. The molecule has 148 valence electrons. The summed E-state index contributed by atoms with van der Waals surface area (Å²) in [6.45, 7) is 2.08. The molecule has 0 amide bonds. The Balaban J connectivity index is 1.49. The standard InChI is InChI=1S/C24H18ClFN4/c1-14-6-11-19-21(12-14)30(2)24(29-19)16-9-7-15(8-10-16)20-13-27-23(28-20)22-17(25)4-3-5-18(22)26/h3-13H,1-2H3,(H,27,28). The summed E-state index contributed by atoms with van der Waals surface area (Å²) < 4.78 is 16.3. The van der Waals surface area contributed by atoms with Gasteiger partial charge in [0.15, 0.2) is 0 Å². The molecule has 2 aromatic heterocycles. The van der Waals surface area contributed by atoms with Crippen LogP contribution in [0.15, 0.2) is 66.9 Å². The minimum Gasteiger partial charge on any atom is -0.338 e. The zero-order valence-corrected chi connectivity index (χ0v) is 17.2. The van der Waals surface area contributed by atoms with Crippen molar-refractivity contribution in [1.82, 2.24) is 19.5 Å². The topological polar surface area (TPSA) is 46.5 Å². The van der Waals surface area contributed by atoms with Gasteiger partial charge in [-0.2, -0.15) is 0 Å². The molecule has 30 heavy (non-hydrogen) atoms. The number of aryl methyl sites for hydroxylation is 2. The fourth-order valence-corrected chi connectivity index (χ4v) is 3.93. The lowest BCUT2D eigenvalue weighted by atomic mass is 10.1. The Morgan fingerprint density at radius 2 is 1.77 bits per heavy atom. The fraction of sp³-hybridized carbons (Fsp3) is 0.0833. The van der Waals surface area contributed by atoms with Crippen LogP contribution in [0.3, 0.4) is 0 Å². The molecule has 0 radical (unpaired) electrons. The van der Waals surface area contributed by atoms with E-state index in [0.717, 1.165) is 33.7 Å². The first kappa shape index (κ1) is 18.6. The summed E-state index contributed by atoms with van der Waals surface area (Å²) in [7, 11) is 2.03. The van der Waals surface area contributed by atoms with Crippen molar-refractivity contribution in [2.24, 2.45) is 7.05 Å². The Kier molecular flexibility index (Phi) is 4.40. The number of hydrogen-bond acceptors (Lipinski definition) is 2. The van der Waals surface area contributed by atoms with Crippen LogP contribution in [0.1, 0.15) is 5.56 Å². The minimum absolute atomic E-state index is 0.275. The molecule has 1 N–H and O–H groups in total. The SMILES string of the molecule is Cc1ccc2nc(-c3ccc(-c4cnc(-c5c(F)cccc5Cl)[nH]4)cc3)n(C)c2c1. The van der Waals surface area contributed by atoms with Crippen LogP contribution in [-0.2, 0) is 7.05 Å². The van der Waals surface area contributed by atoms with E-state index in [9.17, 15) is 4.39 Å². The molecule has 5 aromatic rings. The van der Waals surface area contributed by atoms with E-state index in [1.807, 2.05) is 37.4 Å². The number of nitrogens with one attached hydrogen (secondary N) is 1. The van der Waals surface area contributed by atoms with Gasteiger partial charge in [0, 0.05) is 12.6 Å². The zero-order valence-electron chi connectivity index (χ0n) is 16.4. The molecule has 0 saturated heterocycles. The van der Waals surface area contributed by atoms with Gasteiger partial charge in [-0.15, -0.1) is 0 Å². The lowest BCUT2D eigenvalue weighted by Gasteiger charge is -2.05. The molecule has 3 aromatic carbocycles. The van der Waals surface area contributed by atoms with Crippen LogP contribution < -0.4 is 0 Å². The maximum Gasteiger partial charge on any atom is 0.142 e. The predicted octanol–water partition coefficient (Wildman–Crippen LogP) is 6.40. The molecule has 2 heterocycles. The van der Waals surface area contributed by atoms with Crippen LogP contribution in [-0.4, -0.2) is 19.5 Å². The van der Waals surface area contributed by atoms with Crippen molar-refractivity contribution in [2.75, 3.05) is 0 Å². The Morgan fingerprint density at radius 3 is 2.53 bits per heavy atom. The Bertz CT molecular complexity index is 1360. The molecular formula is C24H18ClFN4. The van der Waals surface area contributed by atoms with Crippen molar-refractivity contribution in [3.05, 3.63) is 83.3 Å². The monoisotopic (exact) mass is 416 g/mol. The van der Waals surface area contributed by atoms with Crippen LogP contribution in [0.2, 0.25) is 5.02 Å². The maximum atomic E-state index is 14.2. The van der Waals surface area contributed by atoms with Crippen molar-refractivity contribution in [2.45, 2.75) is 6.92 Å². The number of aromatic nitrogens is 4. The molecule has 6 heteroatoms. The molecule has 0 aliphatic heterocycles. The number of fused-ring (bicyclic) bond motifs is 1. The van der Waals surface area contributed by atoms with Crippen LogP contribution in [0, 0.1) is 12.7 Å². The third-order valence-corrected chi connectivity index (χ3v) is 5.58. The second-order valence-electron chi connectivity index (χ2n) is 7.31. The highest BCUT2D eigenvalue weighted by Crippen LogP contribution is 2.31. The number of nitrogens with zero attached hydrogens (tertiary/aromatic N) is 3. The lowest BCUT2D eigenvalue weighted by Crippen LogP contribution is -1.92. The van der Waals surface area contributed by atoms with E-state index in [4.69, 9.17) is 16.6 Å². The summed E-state index contributed by atoms with van der Waals surface area (Å²) in [5, 5.41) is 0.323. The van der Waals surface area contributed by atoms with E-state index in [1.165, 1.54) is 11.6 Å². The second kappa shape index (κ2) is 7.11. The van der Waals surface area contributed by atoms with Crippen LogP contribution in [0.5, 0.6) is 0 Å². The summed E-state index contributed by atoms with van der Waals surface area (Å²) in [4.78, 5) is 12.3. The van der Waals surface area contributed by atoms with E-state index in [1.54, 1.807) is 18.3 Å². The Morgan fingerprint density at radius 1 is 1.00 bits per heavy atom. The molecule has 0 atom stereocenters. The molecule has 0 aliphatic carbocycles. The molecular weight excluding hydrogens is 399 g/mol. The highest BCUT2D eigenvalue weighted by molar-refractivity contribution is 6.33. The molecule has 0 unspecified atom stereocenters. The summed E-state index contributed by atoms with van der Waals surface area (Å²) in [6, 6.07) is 18.9. The van der Waals surface area contributed by atoms with Gasteiger partial charge in [0.1, 0.15) is 17.5 Å². The minimum atomic E-state index is -0.407. The summed E-state index contributed by atoms with van der Waals surface area (Å²) in [5.74, 6) is 0.907. The van der Waals surface area contributed by atoms with Gasteiger partial charge < -0.3 is 9.55 Å². The summed E-state index contributed by atoms with van der Waals surface area (Å²) in [6.07, 6.45) is 1.69. The molecule has 4 nitrogen and oxygen atoms in total. The smallest absolute Gasteiger partial charge is 0.142 e. The molecule has 0 saturated carbocycles. The molecule has 5 rings (SSSR count). The quantitative estimate of drug-likeness (QED) is 0.370. The number of H-pyrrole nitrogens is 1. The molecule has 0 aliphatic rings. The van der Waals surface area contributed by atoms with E-state index in [2.05, 4.69) is 33.6 Å². The maximum absolute atomic E-state index is 14.2. The van der Waals surface area contributed by atoms with Crippen molar-refractivity contribution in [3.63, 3.8) is 0 Å². The molecule has 0 bridgehead atoms. The van der Waals surface area contributed by atoms with Gasteiger partial charge >= 0.3 is 0 Å². The predicted molar refractivity (Wildman–Crippen MR) is 119 cm³/mol. The van der Waals surface area contributed by atoms with Gasteiger partial charge in [-0.25, -0.2) is 14.4 Å². The van der Waals surface area contributed by atoms with E-state index in [-0.39, 0.29) is 5.56 Å². The number of imidazole rings is 2. The van der Waals surface area contributed by atoms with Gasteiger partial charge in [0.05, 0.1) is 33.5 Å². The third-order valence-electron chi connectivity index (χ3n) is 5.27. The normalized spacial score (nSPS) is 11.3. The van der Waals surface area contributed by atoms with Gasteiger partial charge in [-0.1, -0.05) is 48.0 Å². The summed E-state index contributed by atoms with van der Waals surface area (Å²) in [5.41, 5.74) is 6.31. The highest BCUT2D eigenvalue weighted by Gasteiger charge is 2.14. The average Bonchev–Trinajstić information content (AvgIpc) is 3.34. The van der Waals surface area contributed by atoms with Crippen molar-refractivity contribution >= 4 is 22.6 Å². The number of aromatic amines is 1. The highest BCUT2D eigenvalue weighted by atomic mass is 35.5. The fourth-order valence-electron chi connectivity index (χ4n) is 3.68. The van der Waals surface area contributed by atoms with Crippen LogP contribution in [0.25, 0.3) is 45.1 Å². The van der Waals surface area contributed by atoms with E-state index in [0.29, 0.717) is 10.8 Å². The molecule has 0 spiro atoms. The molecule has 0 fully saturated rings. The largest absolute Gasteiger partial charge is 0.338 e. The van der Waals surface area contributed by atoms with Crippen LogP contribution >= 0.6 is 11.6 Å². The van der Waals surface area contributed by atoms with Gasteiger partial charge in [-0.3, -0.25) is 0 Å². The number of halogens is 2. The van der Waals surface area contributed by atoms with E-state index >= 15 is 0 Å². The zero-order chi connectivity index (χ0) is 20.8. The number of benzene rings is 3. The van der Waals surface area contributed by atoms with Gasteiger partial charge in [0.2, 0.25) is 0 Å². The first-order valence-electron chi connectivity index (χ1n) is 9.54. The van der Waals surface area contributed by atoms with Crippen molar-refractivity contribution in [3.8, 4) is 34.0 Å². The first-order valence-corrected chi connectivity index (χ1v) is 9.92. The Labute approximate surface area is 178 Å². The second-order valence-corrected chi connectivity index (χ2v) is 7.71. The lowest BCUT2D eigenvalue weighted by molar-refractivity contribution is 0.630. The summed E-state index contributed by atoms with van der Waals surface area (Å²) >= 11 is 6.16.